The average molecular weight is 328 g/mol. The van der Waals surface area contributed by atoms with E-state index in [0.29, 0.717) is 16.9 Å². The second kappa shape index (κ2) is 8.02. The van der Waals surface area contributed by atoms with Crippen LogP contribution in [0.3, 0.4) is 0 Å². The van der Waals surface area contributed by atoms with Crippen LogP contribution in [0.15, 0.2) is 24.3 Å². The Kier molecular flexibility index (Phi) is 6.68. The highest BCUT2D eigenvalue weighted by atomic mass is 32.2. The molecule has 0 fully saturated rings. The van der Waals surface area contributed by atoms with Gasteiger partial charge in [0, 0.05) is 0 Å². The molecule has 0 aliphatic rings. The maximum Gasteiger partial charge on any atom is 0.321 e. The molecule has 0 saturated heterocycles. The largest absolute Gasteiger partial charge is 0.480 e. The zero-order chi connectivity index (χ0) is 15.9. The molecule has 8 heteroatoms. The molecule has 6 nitrogen and oxygen atoms in total. The van der Waals surface area contributed by atoms with E-state index in [4.69, 9.17) is 10.4 Å². The van der Waals surface area contributed by atoms with Crippen molar-refractivity contribution in [1.82, 2.24) is 4.72 Å². The van der Waals surface area contributed by atoms with E-state index in [9.17, 15) is 13.2 Å². The van der Waals surface area contributed by atoms with Gasteiger partial charge in [-0.3, -0.25) is 4.79 Å². The van der Waals surface area contributed by atoms with Gasteiger partial charge in [-0.15, -0.1) is 0 Å². The predicted molar refractivity (Wildman–Crippen MR) is 81.3 cm³/mol. The number of sulfonamides is 1. The van der Waals surface area contributed by atoms with Crippen molar-refractivity contribution in [2.24, 2.45) is 0 Å². The molecule has 0 aromatic heterocycles. The predicted octanol–water partition coefficient (Wildman–Crippen LogP) is 1.18. The molecule has 0 radical (unpaired) electrons. The molecule has 1 rings (SSSR count). The first-order valence-corrected chi connectivity index (χ1v) is 9.13. The molecule has 0 spiro atoms. The van der Waals surface area contributed by atoms with Crippen molar-refractivity contribution in [3.8, 4) is 6.07 Å². The lowest BCUT2D eigenvalue weighted by atomic mass is 10.2. The summed E-state index contributed by atoms with van der Waals surface area (Å²) < 4.78 is 26.2. The van der Waals surface area contributed by atoms with Gasteiger partial charge in [0.1, 0.15) is 6.04 Å². The van der Waals surface area contributed by atoms with Crippen LogP contribution in [0.5, 0.6) is 0 Å². The number of aliphatic carboxylic acids is 1. The van der Waals surface area contributed by atoms with Crippen molar-refractivity contribution >= 4 is 27.8 Å². The van der Waals surface area contributed by atoms with Crippen LogP contribution in [0.2, 0.25) is 0 Å². The van der Waals surface area contributed by atoms with E-state index in [1.807, 2.05) is 12.3 Å². The SMILES string of the molecule is CSCC[C@@H](NS(=O)(=O)Cc1ccc(C#N)cc1)C(=O)O. The number of nitrogens with one attached hydrogen (secondary N) is 1. The lowest BCUT2D eigenvalue weighted by Gasteiger charge is -2.14. The number of carboxylic acids is 1. The van der Waals surface area contributed by atoms with E-state index in [2.05, 4.69) is 4.72 Å². The van der Waals surface area contributed by atoms with E-state index < -0.39 is 22.0 Å². The second-order valence-electron chi connectivity index (χ2n) is 4.36. The molecule has 0 unspecified atom stereocenters. The standard InChI is InChI=1S/C13H16N2O4S2/c1-20-7-6-12(13(16)17)15-21(18,19)9-11-4-2-10(8-14)3-5-11/h2-5,12,15H,6-7,9H2,1H3,(H,16,17)/t12-/m1/s1. The van der Waals surface area contributed by atoms with Gasteiger partial charge in [-0.2, -0.15) is 17.0 Å². The Hall–Kier alpha value is -1.56. The summed E-state index contributed by atoms with van der Waals surface area (Å²) in [5.41, 5.74) is 0.933. The molecule has 0 aliphatic carbocycles. The molecular formula is C13H16N2O4S2. The highest BCUT2D eigenvalue weighted by molar-refractivity contribution is 7.98. The third-order valence-electron chi connectivity index (χ3n) is 2.67. The van der Waals surface area contributed by atoms with Gasteiger partial charge in [-0.1, -0.05) is 12.1 Å². The Balaban J connectivity index is 2.75. The summed E-state index contributed by atoms with van der Waals surface area (Å²) in [5.74, 6) is -0.953. The second-order valence-corrected chi connectivity index (χ2v) is 7.10. The molecule has 0 amide bonds. The maximum atomic E-state index is 12.0. The first-order chi connectivity index (χ1) is 9.88. The number of carboxylic acid groups (broad SMARTS) is 1. The van der Waals surface area contributed by atoms with Crippen LogP contribution in [-0.2, 0) is 20.6 Å². The van der Waals surface area contributed by atoms with Crippen molar-refractivity contribution in [1.29, 1.82) is 5.26 Å². The fourth-order valence-electron chi connectivity index (χ4n) is 1.62. The first kappa shape index (κ1) is 17.5. The number of thioether (sulfide) groups is 1. The van der Waals surface area contributed by atoms with Gasteiger partial charge in [-0.25, -0.2) is 13.1 Å². The highest BCUT2D eigenvalue weighted by Crippen LogP contribution is 2.09. The number of nitrogens with zero attached hydrogens (tertiary/aromatic N) is 1. The zero-order valence-corrected chi connectivity index (χ0v) is 13.1. The quantitative estimate of drug-likeness (QED) is 0.742. The molecule has 1 atom stereocenters. The van der Waals surface area contributed by atoms with Crippen LogP contribution in [-0.4, -0.2) is 37.5 Å². The third-order valence-corrected chi connectivity index (χ3v) is 4.67. The van der Waals surface area contributed by atoms with Crippen LogP contribution in [0.25, 0.3) is 0 Å². The minimum Gasteiger partial charge on any atom is -0.480 e. The summed E-state index contributed by atoms with van der Waals surface area (Å²) >= 11 is 1.45. The number of nitriles is 1. The lowest BCUT2D eigenvalue weighted by Crippen LogP contribution is -2.41. The van der Waals surface area contributed by atoms with Crippen LogP contribution < -0.4 is 4.72 Å². The summed E-state index contributed by atoms with van der Waals surface area (Å²) in [5, 5.41) is 17.7. The summed E-state index contributed by atoms with van der Waals surface area (Å²) in [6.45, 7) is 0. The topological polar surface area (TPSA) is 107 Å². The Labute approximate surface area is 128 Å². The summed E-state index contributed by atoms with van der Waals surface area (Å²) in [6, 6.07) is 6.93. The molecule has 114 valence electrons. The van der Waals surface area contributed by atoms with Crippen LogP contribution >= 0.6 is 11.8 Å². The van der Waals surface area contributed by atoms with Gasteiger partial charge in [0.15, 0.2) is 0 Å². The van der Waals surface area contributed by atoms with E-state index >= 15 is 0 Å². The Morgan fingerprint density at radius 3 is 2.52 bits per heavy atom. The molecule has 0 bridgehead atoms. The molecule has 1 aromatic rings. The highest BCUT2D eigenvalue weighted by Gasteiger charge is 2.23. The molecule has 0 saturated carbocycles. The molecule has 0 aliphatic heterocycles. The number of benzene rings is 1. The van der Waals surface area contributed by atoms with Crippen molar-refractivity contribution < 1.29 is 18.3 Å². The number of carbonyl (C=O) groups is 1. The smallest absolute Gasteiger partial charge is 0.321 e. The van der Waals surface area contributed by atoms with Crippen molar-refractivity contribution in [3.63, 3.8) is 0 Å². The van der Waals surface area contributed by atoms with Gasteiger partial charge in [0.05, 0.1) is 17.4 Å². The van der Waals surface area contributed by atoms with Crippen LogP contribution in [0.4, 0.5) is 0 Å². The monoisotopic (exact) mass is 328 g/mol. The Morgan fingerprint density at radius 1 is 1.43 bits per heavy atom. The van der Waals surface area contributed by atoms with Gasteiger partial charge in [0.2, 0.25) is 10.0 Å². The fourth-order valence-corrected chi connectivity index (χ4v) is 3.46. The van der Waals surface area contributed by atoms with Crippen molar-refractivity contribution in [3.05, 3.63) is 35.4 Å². The first-order valence-electron chi connectivity index (χ1n) is 6.08. The summed E-state index contributed by atoms with van der Waals surface area (Å²) in [4.78, 5) is 11.0. The van der Waals surface area contributed by atoms with Gasteiger partial charge < -0.3 is 5.11 Å². The molecule has 1 aromatic carbocycles. The average Bonchev–Trinajstić information content (AvgIpc) is 2.43. The molecule has 2 N–H and O–H groups in total. The van der Waals surface area contributed by atoms with E-state index in [0.717, 1.165) is 0 Å². The van der Waals surface area contributed by atoms with Crippen LogP contribution in [0.1, 0.15) is 17.5 Å². The van der Waals surface area contributed by atoms with E-state index in [1.165, 1.54) is 36.0 Å². The fraction of sp³-hybridized carbons (Fsp3) is 0.385. The van der Waals surface area contributed by atoms with E-state index in [1.54, 1.807) is 0 Å². The Bertz CT molecular complexity index is 621. The maximum absolute atomic E-state index is 12.0. The van der Waals surface area contributed by atoms with E-state index in [-0.39, 0.29) is 12.2 Å². The lowest BCUT2D eigenvalue weighted by molar-refractivity contribution is -0.139. The van der Waals surface area contributed by atoms with Gasteiger partial charge in [0.25, 0.3) is 0 Å². The zero-order valence-electron chi connectivity index (χ0n) is 11.4. The van der Waals surface area contributed by atoms with Crippen LogP contribution in [0, 0.1) is 11.3 Å². The number of hydrogen-bond acceptors (Lipinski definition) is 5. The molecular weight excluding hydrogens is 312 g/mol. The summed E-state index contributed by atoms with van der Waals surface area (Å²) in [6.07, 6.45) is 2.05. The van der Waals surface area contributed by atoms with Crippen molar-refractivity contribution in [2.75, 3.05) is 12.0 Å². The molecule has 0 heterocycles. The Morgan fingerprint density at radius 2 is 2.05 bits per heavy atom. The normalized spacial score (nSPS) is 12.6. The molecule has 21 heavy (non-hydrogen) atoms. The van der Waals surface area contributed by atoms with Gasteiger partial charge in [-0.05, 0) is 36.1 Å². The number of hydrogen-bond donors (Lipinski definition) is 2. The van der Waals surface area contributed by atoms with Crippen molar-refractivity contribution in [2.45, 2.75) is 18.2 Å². The van der Waals surface area contributed by atoms with Gasteiger partial charge >= 0.3 is 5.97 Å². The summed E-state index contributed by atoms with van der Waals surface area (Å²) in [7, 11) is -3.75. The minimum absolute atomic E-state index is 0.225. The minimum atomic E-state index is -3.75. The third kappa shape index (κ3) is 6.16. The number of rotatable bonds is 8.